The van der Waals surface area contributed by atoms with Crippen molar-refractivity contribution in [2.75, 3.05) is 25.6 Å². The van der Waals surface area contributed by atoms with Crippen molar-refractivity contribution in [3.8, 4) is 0 Å². The molecule has 17 heavy (non-hydrogen) atoms. The number of benzene rings is 1. The lowest BCUT2D eigenvalue weighted by atomic mass is 10.3. The van der Waals surface area contributed by atoms with Gasteiger partial charge in [0.15, 0.2) is 0 Å². The molecule has 0 fully saturated rings. The Bertz CT molecular complexity index is 354. The summed E-state index contributed by atoms with van der Waals surface area (Å²) in [5, 5.41) is 5.87. The highest BCUT2D eigenvalue weighted by molar-refractivity contribution is 9.10. The van der Waals surface area contributed by atoms with Gasteiger partial charge in [-0.25, -0.2) is 0 Å². The standard InChI is InChI=1S/C12H17BrN2O2/c1-9(8-17-2)15-12(16)7-14-11-5-3-10(13)4-6-11/h3-6,9,14H,7-8H2,1-2H3,(H,15,16). The van der Waals surface area contributed by atoms with Gasteiger partial charge in [0.2, 0.25) is 5.91 Å². The van der Waals surface area contributed by atoms with E-state index in [0.29, 0.717) is 6.61 Å². The SMILES string of the molecule is COCC(C)NC(=O)CNc1ccc(Br)cc1. The van der Waals surface area contributed by atoms with Crippen LogP contribution in [0.25, 0.3) is 0 Å². The molecule has 1 atom stereocenters. The van der Waals surface area contributed by atoms with E-state index < -0.39 is 0 Å². The van der Waals surface area contributed by atoms with Crippen LogP contribution in [-0.4, -0.2) is 32.2 Å². The maximum atomic E-state index is 11.5. The molecule has 1 aromatic rings. The maximum Gasteiger partial charge on any atom is 0.239 e. The number of hydrogen-bond acceptors (Lipinski definition) is 3. The average molecular weight is 301 g/mol. The van der Waals surface area contributed by atoms with Crippen molar-refractivity contribution in [1.82, 2.24) is 5.32 Å². The van der Waals surface area contributed by atoms with Gasteiger partial charge in [0, 0.05) is 23.3 Å². The van der Waals surface area contributed by atoms with Gasteiger partial charge in [0.1, 0.15) is 0 Å². The third kappa shape index (κ3) is 5.70. The predicted octanol–water partition coefficient (Wildman–Crippen LogP) is 2.01. The molecule has 0 aliphatic rings. The number of ether oxygens (including phenoxy) is 1. The number of carbonyl (C=O) groups is 1. The van der Waals surface area contributed by atoms with Gasteiger partial charge in [0.05, 0.1) is 13.2 Å². The third-order valence-electron chi connectivity index (χ3n) is 2.12. The second-order valence-corrected chi connectivity index (χ2v) is 4.70. The fourth-order valence-electron chi connectivity index (χ4n) is 1.37. The molecule has 0 heterocycles. The van der Waals surface area contributed by atoms with Gasteiger partial charge in [0.25, 0.3) is 0 Å². The van der Waals surface area contributed by atoms with E-state index in [4.69, 9.17) is 4.74 Å². The van der Waals surface area contributed by atoms with Crippen LogP contribution >= 0.6 is 15.9 Å². The number of rotatable bonds is 6. The first-order valence-corrected chi connectivity index (χ1v) is 6.19. The summed E-state index contributed by atoms with van der Waals surface area (Å²) in [6.45, 7) is 2.68. The minimum absolute atomic E-state index is 0.0271. The quantitative estimate of drug-likeness (QED) is 0.845. The monoisotopic (exact) mass is 300 g/mol. The lowest BCUT2D eigenvalue weighted by Crippen LogP contribution is -2.39. The molecule has 1 amide bonds. The van der Waals surface area contributed by atoms with Crippen LogP contribution in [-0.2, 0) is 9.53 Å². The van der Waals surface area contributed by atoms with Crippen LogP contribution in [0.1, 0.15) is 6.92 Å². The summed E-state index contributed by atoms with van der Waals surface area (Å²) in [5.74, 6) is -0.0440. The smallest absolute Gasteiger partial charge is 0.239 e. The molecule has 0 saturated heterocycles. The normalized spacial score (nSPS) is 11.9. The van der Waals surface area contributed by atoms with Gasteiger partial charge in [-0.3, -0.25) is 4.79 Å². The molecule has 5 heteroatoms. The number of methoxy groups -OCH3 is 1. The first kappa shape index (κ1) is 14.0. The zero-order chi connectivity index (χ0) is 12.7. The lowest BCUT2D eigenvalue weighted by Gasteiger charge is -2.13. The van der Waals surface area contributed by atoms with E-state index >= 15 is 0 Å². The van der Waals surface area contributed by atoms with Gasteiger partial charge in [-0.15, -0.1) is 0 Å². The lowest BCUT2D eigenvalue weighted by molar-refractivity contribution is -0.120. The van der Waals surface area contributed by atoms with Crippen LogP contribution in [0.2, 0.25) is 0 Å². The molecule has 0 radical (unpaired) electrons. The maximum absolute atomic E-state index is 11.5. The van der Waals surface area contributed by atoms with Crippen molar-refractivity contribution < 1.29 is 9.53 Å². The summed E-state index contributed by atoms with van der Waals surface area (Å²) in [4.78, 5) is 11.5. The molecule has 0 aromatic heterocycles. The molecule has 1 unspecified atom stereocenters. The predicted molar refractivity (Wildman–Crippen MR) is 72.1 cm³/mol. The molecular weight excluding hydrogens is 284 g/mol. The number of hydrogen-bond donors (Lipinski definition) is 2. The van der Waals surface area contributed by atoms with Crippen molar-refractivity contribution in [1.29, 1.82) is 0 Å². The number of halogens is 1. The van der Waals surface area contributed by atoms with Gasteiger partial charge in [-0.1, -0.05) is 15.9 Å². The minimum atomic E-state index is -0.0440. The molecule has 94 valence electrons. The first-order valence-electron chi connectivity index (χ1n) is 5.39. The number of anilines is 1. The van der Waals surface area contributed by atoms with Crippen LogP contribution < -0.4 is 10.6 Å². The van der Waals surface area contributed by atoms with Gasteiger partial charge < -0.3 is 15.4 Å². The fraction of sp³-hybridized carbons (Fsp3) is 0.417. The highest BCUT2D eigenvalue weighted by Gasteiger charge is 2.06. The zero-order valence-electron chi connectivity index (χ0n) is 10.00. The van der Waals surface area contributed by atoms with E-state index in [1.54, 1.807) is 7.11 Å². The van der Waals surface area contributed by atoms with Crippen molar-refractivity contribution in [3.05, 3.63) is 28.7 Å². The summed E-state index contributed by atoms with van der Waals surface area (Å²) in [5.41, 5.74) is 0.919. The van der Waals surface area contributed by atoms with Crippen LogP contribution in [0.4, 0.5) is 5.69 Å². The second kappa shape index (κ2) is 7.29. The third-order valence-corrected chi connectivity index (χ3v) is 2.65. The molecule has 0 spiro atoms. The number of nitrogens with one attached hydrogen (secondary N) is 2. The summed E-state index contributed by atoms with van der Waals surface area (Å²) in [6, 6.07) is 7.70. The molecule has 0 bridgehead atoms. The molecular formula is C12H17BrN2O2. The Morgan fingerprint density at radius 3 is 2.65 bits per heavy atom. The Labute approximate surface area is 110 Å². The van der Waals surface area contributed by atoms with Crippen molar-refractivity contribution in [3.63, 3.8) is 0 Å². The average Bonchev–Trinajstić information content (AvgIpc) is 2.28. The molecule has 1 rings (SSSR count). The number of carbonyl (C=O) groups excluding carboxylic acids is 1. The molecule has 4 nitrogen and oxygen atoms in total. The van der Waals surface area contributed by atoms with E-state index in [9.17, 15) is 4.79 Å². The van der Waals surface area contributed by atoms with Crippen LogP contribution in [0.15, 0.2) is 28.7 Å². The molecule has 1 aromatic carbocycles. The Morgan fingerprint density at radius 1 is 1.41 bits per heavy atom. The van der Waals surface area contributed by atoms with Crippen LogP contribution in [0, 0.1) is 0 Å². The van der Waals surface area contributed by atoms with Crippen molar-refractivity contribution >= 4 is 27.5 Å². The second-order valence-electron chi connectivity index (χ2n) is 3.78. The Balaban J connectivity index is 2.30. The summed E-state index contributed by atoms with van der Waals surface area (Å²) < 4.78 is 5.96. The van der Waals surface area contributed by atoms with Gasteiger partial charge in [-0.2, -0.15) is 0 Å². The first-order chi connectivity index (χ1) is 8.11. The van der Waals surface area contributed by atoms with Gasteiger partial charge >= 0.3 is 0 Å². The summed E-state index contributed by atoms with van der Waals surface area (Å²) >= 11 is 3.35. The molecule has 2 N–H and O–H groups in total. The molecule has 0 aliphatic heterocycles. The molecule has 0 saturated carbocycles. The Kier molecular flexibility index (Phi) is 6.00. The minimum Gasteiger partial charge on any atom is -0.383 e. The fourth-order valence-corrected chi connectivity index (χ4v) is 1.63. The topological polar surface area (TPSA) is 50.4 Å². The van der Waals surface area contributed by atoms with Crippen LogP contribution in [0.5, 0.6) is 0 Å². The summed E-state index contributed by atoms with van der Waals surface area (Å²) in [6.07, 6.45) is 0. The summed E-state index contributed by atoms with van der Waals surface area (Å²) in [7, 11) is 1.61. The highest BCUT2D eigenvalue weighted by Crippen LogP contribution is 2.13. The highest BCUT2D eigenvalue weighted by atomic mass is 79.9. The van der Waals surface area contributed by atoms with Gasteiger partial charge in [-0.05, 0) is 31.2 Å². The van der Waals surface area contributed by atoms with E-state index in [2.05, 4.69) is 26.6 Å². The zero-order valence-corrected chi connectivity index (χ0v) is 11.6. The molecule has 0 aliphatic carbocycles. The Morgan fingerprint density at radius 2 is 2.06 bits per heavy atom. The van der Waals surface area contributed by atoms with E-state index in [1.807, 2.05) is 31.2 Å². The van der Waals surface area contributed by atoms with E-state index in [1.165, 1.54) is 0 Å². The van der Waals surface area contributed by atoms with Crippen molar-refractivity contribution in [2.45, 2.75) is 13.0 Å². The van der Waals surface area contributed by atoms with Crippen molar-refractivity contribution in [2.24, 2.45) is 0 Å². The van der Waals surface area contributed by atoms with E-state index in [0.717, 1.165) is 10.2 Å². The Hall–Kier alpha value is -1.07. The largest absolute Gasteiger partial charge is 0.383 e. The van der Waals surface area contributed by atoms with E-state index in [-0.39, 0.29) is 18.5 Å². The number of amides is 1. The van der Waals surface area contributed by atoms with Crippen LogP contribution in [0.3, 0.4) is 0 Å².